The van der Waals surface area contributed by atoms with E-state index >= 15 is 0 Å². The Morgan fingerprint density at radius 3 is 1.71 bits per heavy atom. The van der Waals surface area contributed by atoms with E-state index in [1.807, 2.05) is 11.3 Å². The van der Waals surface area contributed by atoms with Crippen molar-refractivity contribution in [3.05, 3.63) is 237 Å². The van der Waals surface area contributed by atoms with Gasteiger partial charge in [-0.1, -0.05) is 182 Å². The molecule has 0 saturated heterocycles. The van der Waals surface area contributed by atoms with Crippen molar-refractivity contribution in [3.63, 3.8) is 0 Å². The van der Waals surface area contributed by atoms with Crippen LogP contribution >= 0.6 is 11.3 Å². The van der Waals surface area contributed by atoms with Crippen LogP contribution in [-0.2, 0) is 0 Å². The Morgan fingerprint density at radius 2 is 0.871 bits per heavy atom. The van der Waals surface area contributed by atoms with E-state index in [1.54, 1.807) is 0 Å². The van der Waals surface area contributed by atoms with Crippen molar-refractivity contribution >= 4 is 80.9 Å². The van der Waals surface area contributed by atoms with Crippen LogP contribution in [0.4, 0.5) is 17.1 Å². The van der Waals surface area contributed by atoms with Crippen molar-refractivity contribution < 1.29 is 0 Å². The molecule has 0 amide bonds. The number of nitrogens with zero attached hydrogens (tertiary/aromatic N) is 1. The van der Waals surface area contributed by atoms with Crippen molar-refractivity contribution in [2.45, 2.75) is 0 Å². The van der Waals surface area contributed by atoms with Gasteiger partial charge >= 0.3 is 0 Å². The number of benzene rings is 11. The summed E-state index contributed by atoms with van der Waals surface area (Å²) < 4.78 is 2.56. The zero-order valence-electron chi connectivity index (χ0n) is 33.9. The number of anilines is 3. The molecule has 12 aromatic rings. The molecule has 0 bridgehead atoms. The molecule has 0 atom stereocenters. The van der Waals surface area contributed by atoms with Crippen LogP contribution in [0.1, 0.15) is 0 Å². The smallest absolute Gasteiger partial charge is 0.0555 e. The molecule has 0 aliphatic carbocycles. The van der Waals surface area contributed by atoms with Crippen LogP contribution in [0.5, 0.6) is 0 Å². The molecule has 1 heterocycles. The summed E-state index contributed by atoms with van der Waals surface area (Å²) in [5, 5.41) is 10.1. The van der Waals surface area contributed by atoms with E-state index in [0.717, 1.165) is 17.1 Å². The first kappa shape index (κ1) is 36.1. The maximum atomic E-state index is 2.51. The molecular weight excluding hydrogens is 767 g/mol. The fraction of sp³-hybridized carbons (Fsp3) is 0. The van der Waals surface area contributed by atoms with E-state index in [1.165, 1.54) is 97.0 Å². The third-order valence-corrected chi connectivity index (χ3v) is 13.6. The van der Waals surface area contributed by atoms with Gasteiger partial charge in [-0.3, -0.25) is 0 Å². The van der Waals surface area contributed by atoms with Crippen LogP contribution in [0, 0.1) is 0 Å². The Kier molecular flexibility index (Phi) is 8.76. The van der Waals surface area contributed by atoms with E-state index in [9.17, 15) is 0 Å². The average Bonchev–Trinajstić information content (AvgIpc) is 3.74. The largest absolute Gasteiger partial charge is 0.309 e. The molecular formula is C60H39NS. The molecule has 0 aliphatic rings. The first-order valence-electron chi connectivity index (χ1n) is 21.2. The van der Waals surface area contributed by atoms with Crippen LogP contribution in [-0.4, -0.2) is 0 Å². The minimum atomic E-state index is 1.10. The van der Waals surface area contributed by atoms with E-state index in [4.69, 9.17) is 0 Å². The first-order valence-corrected chi connectivity index (χ1v) is 22.1. The normalized spacial score (nSPS) is 11.5. The standard InChI is InChI=1S/C60H39NS/c1-2-15-42(16-3-1)51-35-32-48(55-38-47-18-6-7-21-50(47)52-22-8-9-23-53(52)55)39-57(51)61(56-25-13-27-59-60(56)54-24-10-11-26-58(54)62-59)49-33-30-41(31-34-49)44-19-12-20-45(36-44)46-29-28-40-14-4-5-17-43(40)37-46/h1-39H. The molecule has 0 fully saturated rings. The van der Waals surface area contributed by atoms with Crippen LogP contribution in [0.15, 0.2) is 237 Å². The van der Waals surface area contributed by atoms with Gasteiger partial charge in [-0.2, -0.15) is 0 Å². The second-order valence-electron chi connectivity index (χ2n) is 16.1. The molecule has 0 N–H and O–H groups in total. The zero-order valence-corrected chi connectivity index (χ0v) is 34.7. The quantitative estimate of drug-likeness (QED) is 0.145. The summed E-state index contributed by atoms with van der Waals surface area (Å²) >= 11 is 1.86. The van der Waals surface area contributed by atoms with Crippen LogP contribution in [0.3, 0.4) is 0 Å². The van der Waals surface area contributed by atoms with Crippen molar-refractivity contribution in [2.75, 3.05) is 4.90 Å². The molecule has 1 nitrogen and oxygen atoms in total. The Hall–Kier alpha value is -7.78. The molecule has 62 heavy (non-hydrogen) atoms. The summed E-state index contributed by atoms with van der Waals surface area (Å²) in [6, 6.07) is 86.9. The Morgan fingerprint density at radius 1 is 0.274 bits per heavy atom. The lowest BCUT2D eigenvalue weighted by Gasteiger charge is -2.29. The maximum Gasteiger partial charge on any atom is 0.0555 e. The van der Waals surface area contributed by atoms with E-state index < -0.39 is 0 Å². The summed E-state index contributed by atoms with van der Waals surface area (Å²) in [4.78, 5) is 2.51. The second kappa shape index (κ2) is 15.0. The summed E-state index contributed by atoms with van der Waals surface area (Å²) in [6.45, 7) is 0. The topological polar surface area (TPSA) is 3.24 Å². The van der Waals surface area contributed by atoms with Gasteiger partial charge in [-0.25, -0.2) is 0 Å². The molecule has 12 rings (SSSR count). The molecule has 0 unspecified atom stereocenters. The molecule has 290 valence electrons. The van der Waals surface area contributed by atoms with E-state index in [2.05, 4.69) is 241 Å². The fourth-order valence-electron chi connectivity index (χ4n) is 9.44. The minimum Gasteiger partial charge on any atom is -0.309 e. The van der Waals surface area contributed by atoms with Crippen molar-refractivity contribution in [3.8, 4) is 44.5 Å². The number of hydrogen-bond acceptors (Lipinski definition) is 2. The number of fused-ring (bicyclic) bond motifs is 7. The number of hydrogen-bond donors (Lipinski definition) is 0. The fourth-order valence-corrected chi connectivity index (χ4v) is 10.6. The lowest BCUT2D eigenvalue weighted by Crippen LogP contribution is -2.12. The van der Waals surface area contributed by atoms with Gasteiger partial charge in [-0.05, 0) is 126 Å². The monoisotopic (exact) mass is 805 g/mol. The Labute approximate surface area is 365 Å². The molecule has 1 aromatic heterocycles. The minimum absolute atomic E-state index is 1.10. The molecule has 0 saturated carbocycles. The first-order chi connectivity index (χ1) is 30.7. The van der Waals surface area contributed by atoms with Gasteiger partial charge < -0.3 is 4.90 Å². The third-order valence-electron chi connectivity index (χ3n) is 12.4. The van der Waals surface area contributed by atoms with Crippen molar-refractivity contribution in [2.24, 2.45) is 0 Å². The molecule has 0 aliphatic heterocycles. The van der Waals surface area contributed by atoms with Crippen molar-refractivity contribution in [1.82, 2.24) is 0 Å². The second-order valence-corrected chi connectivity index (χ2v) is 17.1. The van der Waals surface area contributed by atoms with Gasteiger partial charge in [0.05, 0.1) is 11.4 Å². The highest BCUT2D eigenvalue weighted by Crippen LogP contribution is 2.49. The van der Waals surface area contributed by atoms with Crippen LogP contribution in [0.25, 0.3) is 97.0 Å². The summed E-state index contributed by atoms with van der Waals surface area (Å²) in [7, 11) is 0. The predicted molar refractivity (Wildman–Crippen MR) is 268 cm³/mol. The summed E-state index contributed by atoms with van der Waals surface area (Å²) in [5.41, 5.74) is 12.9. The van der Waals surface area contributed by atoms with Crippen molar-refractivity contribution in [1.29, 1.82) is 0 Å². The van der Waals surface area contributed by atoms with Gasteiger partial charge in [0.1, 0.15) is 0 Å². The maximum absolute atomic E-state index is 2.51. The highest BCUT2D eigenvalue weighted by atomic mass is 32.1. The van der Waals surface area contributed by atoms with Crippen LogP contribution < -0.4 is 4.90 Å². The molecule has 2 heteroatoms. The highest BCUT2D eigenvalue weighted by molar-refractivity contribution is 7.26. The SMILES string of the molecule is c1ccc(-c2ccc(-c3cc4ccccc4c4ccccc34)cc2N(c2ccc(-c3cccc(-c4ccc5ccccc5c4)c3)cc2)c2cccc3sc4ccccc4c23)cc1. The summed E-state index contributed by atoms with van der Waals surface area (Å²) in [5.74, 6) is 0. The van der Waals surface area contributed by atoms with Gasteiger partial charge in [0.15, 0.2) is 0 Å². The average molecular weight is 806 g/mol. The Balaban J connectivity index is 1.07. The number of thiophene rings is 1. The van der Waals surface area contributed by atoms with Gasteiger partial charge in [0.2, 0.25) is 0 Å². The zero-order chi connectivity index (χ0) is 41.0. The van der Waals surface area contributed by atoms with E-state index in [0.29, 0.717) is 0 Å². The predicted octanol–water partition coefficient (Wildman–Crippen LogP) is 17.7. The molecule has 11 aromatic carbocycles. The highest BCUT2D eigenvalue weighted by Gasteiger charge is 2.23. The molecule has 0 spiro atoms. The molecule has 0 radical (unpaired) electrons. The van der Waals surface area contributed by atoms with Crippen LogP contribution in [0.2, 0.25) is 0 Å². The number of rotatable bonds is 7. The van der Waals surface area contributed by atoms with Gasteiger partial charge in [0, 0.05) is 31.4 Å². The van der Waals surface area contributed by atoms with Gasteiger partial charge in [0.25, 0.3) is 0 Å². The Bertz CT molecular complexity index is 3640. The lowest BCUT2D eigenvalue weighted by atomic mass is 9.91. The van der Waals surface area contributed by atoms with Gasteiger partial charge in [-0.15, -0.1) is 11.3 Å². The third kappa shape index (κ3) is 6.24. The van der Waals surface area contributed by atoms with E-state index in [-0.39, 0.29) is 0 Å². The lowest BCUT2D eigenvalue weighted by molar-refractivity contribution is 1.30. The summed E-state index contributed by atoms with van der Waals surface area (Å²) in [6.07, 6.45) is 0.